The van der Waals surface area contributed by atoms with Crippen molar-refractivity contribution in [2.24, 2.45) is 0 Å². The van der Waals surface area contributed by atoms with Gasteiger partial charge in [0.1, 0.15) is 0 Å². The summed E-state index contributed by atoms with van der Waals surface area (Å²) in [6.45, 7) is 10.0. The Kier molecular flexibility index (Phi) is 5.98. The topological polar surface area (TPSA) is 78.6 Å². The first-order chi connectivity index (χ1) is 11.1. The van der Waals surface area contributed by atoms with Gasteiger partial charge in [-0.15, -0.1) is 11.8 Å². The number of aromatic amines is 2. The van der Waals surface area contributed by atoms with E-state index in [-0.39, 0.29) is 16.1 Å². The largest absolute Gasteiger partial charge is 0.362 e. The zero-order chi connectivity index (χ0) is 17.9. The summed E-state index contributed by atoms with van der Waals surface area (Å²) in [6.07, 6.45) is 0. The quantitative estimate of drug-likeness (QED) is 0.463. The molecule has 0 radical (unpaired) electrons. The van der Waals surface area contributed by atoms with E-state index in [2.05, 4.69) is 35.7 Å². The van der Waals surface area contributed by atoms with Crippen molar-refractivity contribution < 1.29 is 4.79 Å². The van der Waals surface area contributed by atoms with Gasteiger partial charge < -0.3 is 9.97 Å². The molecule has 0 aliphatic rings. The Bertz CT molecular complexity index is 788. The zero-order valence-electron chi connectivity index (χ0n) is 14.6. The third kappa shape index (κ3) is 5.56. The molecule has 0 aliphatic carbocycles. The van der Waals surface area contributed by atoms with E-state index < -0.39 is 0 Å². The summed E-state index contributed by atoms with van der Waals surface area (Å²) in [6, 6.07) is 3.37. The second-order valence-corrected chi connectivity index (χ2v) is 9.46. The van der Waals surface area contributed by atoms with Crippen LogP contribution in [0.3, 0.4) is 0 Å². The van der Waals surface area contributed by atoms with Crippen molar-refractivity contribution in [1.29, 1.82) is 0 Å². The van der Waals surface area contributed by atoms with Gasteiger partial charge in [0.05, 0.1) is 11.4 Å². The first-order valence-corrected chi connectivity index (χ1v) is 9.67. The van der Waals surface area contributed by atoms with Gasteiger partial charge in [-0.25, -0.2) is 4.98 Å². The van der Waals surface area contributed by atoms with Gasteiger partial charge >= 0.3 is 0 Å². The molecule has 0 unspecified atom stereocenters. The third-order valence-electron chi connectivity index (χ3n) is 3.11. The first-order valence-electron chi connectivity index (χ1n) is 7.70. The van der Waals surface area contributed by atoms with Crippen molar-refractivity contribution in [2.75, 3.05) is 5.75 Å². The highest BCUT2D eigenvalue weighted by Crippen LogP contribution is 2.28. The number of carbonyl (C=O) groups excluding carboxylic acids is 1. The number of Topliss-reactive ketones (excluding diaryl/α,β-unsaturated/α-hetero) is 1. The molecular formula is C17H23N3O2S2. The van der Waals surface area contributed by atoms with Gasteiger partial charge in [0.25, 0.3) is 5.56 Å². The van der Waals surface area contributed by atoms with Crippen molar-refractivity contribution in [1.82, 2.24) is 15.0 Å². The van der Waals surface area contributed by atoms with Crippen LogP contribution in [0.1, 0.15) is 48.2 Å². The lowest BCUT2D eigenvalue weighted by atomic mass is 10.2. The Balaban J connectivity index is 1.98. The molecule has 0 atom stereocenters. The van der Waals surface area contributed by atoms with Crippen LogP contribution in [-0.2, 0) is 5.75 Å². The SMILES string of the molecule is Cc1cc(C(=O)CSCc2cc(=O)[nH]c(SC(C)(C)C)n2)c(C)[nH]1. The molecule has 0 bridgehead atoms. The summed E-state index contributed by atoms with van der Waals surface area (Å²) in [4.78, 5) is 34.4. The molecule has 130 valence electrons. The molecule has 2 heterocycles. The van der Waals surface area contributed by atoms with Crippen molar-refractivity contribution in [3.63, 3.8) is 0 Å². The van der Waals surface area contributed by atoms with Gasteiger partial charge in [-0.2, -0.15) is 0 Å². The van der Waals surface area contributed by atoms with Gasteiger partial charge in [-0.1, -0.05) is 32.5 Å². The Morgan fingerprint density at radius 2 is 1.92 bits per heavy atom. The number of rotatable bonds is 6. The Labute approximate surface area is 150 Å². The minimum atomic E-state index is -0.157. The van der Waals surface area contributed by atoms with E-state index in [1.807, 2.05) is 19.9 Å². The number of H-pyrrole nitrogens is 2. The minimum Gasteiger partial charge on any atom is -0.362 e. The molecule has 0 saturated carbocycles. The maximum Gasteiger partial charge on any atom is 0.251 e. The summed E-state index contributed by atoms with van der Waals surface area (Å²) in [5.74, 6) is 1.00. The second kappa shape index (κ2) is 7.61. The third-order valence-corrected chi connectivity index (χ3v) is 5.07. The number of aromatic nitrogens is 3. The standard InChI is InChI=1S/C17H23N3O2S2/c1-10-6-13(11(2)18-10)14(21)9-23-8-12-7-15(22)20-16(19-12)24-17(3,4)5/h6-7,18H,8-9H2,1-5H3,(H,19,20,22). The highest BCUT2D eigenvalue weighted by atomic mass is 32.2. The van der Waals surface area contributed by atoms with Gasteiger partial charge in [-0.05, 0) is 19.9 Å². The maximum atomic E-state index is 12.3. The molecule has 2 N–H and O–H groups in total. The van der Waals surface area contributed by atoms with Crippen molar-refractivity contribution in [3.05, 3.63) is 45.1 Å². The highest BCUT2D eigenvalue weighted by molar-refractivity contribution is 8.00. The lowest BCUT2D eigenvalue weighted by Gasteiger charge is -2.16. The molecule has 0 aliphatic heterocycles. The maximum absolute atomic E-state index is 12.3. The molecule has 0 spiro atoms. The molecule has 0 amide bonds. The van der Waals surface area contributed by atoms with E-state index in [4.69, 9.17) is 0 Å². The summed E-state index contributed by atoms with van der Waals surface area (Å²) < 4.78 is -0.0264. The lowest BCUT2D eigenvalue weighted by Crippen LogP contribution is -2.14. The second-order valence-electron chi connectivity index (χ2n) is 6.66. The monoisotopic (exact) mass is 365 g/mol. The number of thioether (sulfide) groups is 2. The summed E-state index contributed by atoms with van der Waals surface area (Å²) in [5.41, 5.74) is 3.17. The molecule has 0 aromatic carbocycles. The molecule has 2 aromatic heterocycles. The van der Waals surface area contributed by atoms with Crippen molar-refractivity contribution in [3.8, 4) is 0 Å². The van der Waals surface area contributed by atoms with E-state index in [1.54, 1.807) is 0 Å². The number of hydrogen-bond acceptors (Lipinski definition) is 5. The minimum absolute atomic E-state index is 0.0264. The predicted octanol–water partition coefficient (Wildman–Crippen LogP) is 3.72. The molecule has 7 heteroatoms. The average molecular weight is 366 g/mol. The van der Waals surface area contributed by atoms with E-state index in [0.29, 0.717) is 22.4 Å². The van der Waals surface area contributed by atoms with E-state index in [0.717, 1.165) is 17.0 Å². The number of ketones is 1. The fraction of sp³-hybridized carbons (Fsp3) is 0.471. The zero-order valence-corrected chi connectivity index (χ0v) is 16.3. The van der Waals surface area contributed by atoms with Crippen LogP contribution in [0.15, 0.2) is 22.1 Å². The van der Waals surface area contributed by atoms with Gasteiger partial charge in [-0.3, -0.25) is 9.59 Å². The Hall–Kier alpha value is -1.47. The van der Waals surface area contributed by atoms with Crippen LogP contribution in [0, 0.1) is 13.8 Å². The van der Waals surface area contributed by atoms with Crippen LogP contribution in [0.4, 0.5) is 0 Å². The van der Waals surface area contributed by atoms with E-state index >= 15 is 0 Å². The molecular weight excluding hydrogens is 342 g/mol. The molecule has 2 rings (SSSR count). The fourth-order valence-electron chi connectivity index (χ4n) is 2.24. The summed E-state index contributed by atoms with van der Waals surface area (Å²) in [5, 5.41) is 0.619. The van der Waals surface area contributed by atoms with Gasteiger partial charge in [0, 0.05) is 33.5 Å². The van der Waals surface area contributed by atoms with Crippen LogP contribution >= 0.6 is 23.5 Å². The lowest BCUT2D eigenvalue weighted by molar-refractivity contribution is 0.102. The normalized spacial score (nSPS) is 11.7. The number of nitrogens with zero attached hydrogens (tertiary/aromatic N) is 1. The van der Waals surface area contributed by atoms with E-state index in [1.165, 1.54) is 29.6 Å². The summed E-state index contributed by atoms with van der Waals surface area (Å²) >= 11 is 3.00. The van der Waals surface area contributed by atoms with Gasteiger partial charge in [0.15, 0.2) is 10.9 Å². The predicted molar refractivity (Wildman–Crippen MR) is 101 cm³/mol. The van der Waals surface area contributed by atoms with E-state index in [9.17, 15) is 9.59 Å². The molecule has 2 aromatic rings. The van der Waals surface area contributed by atoms with Crippen molar-refractivity contribution >= 4 is 29.3 Å². The smallest absolute Gasteiger partial charge is 0.251 e. The van der Waals surface area contributed by atoms with Crippen LogP contribution < -0.4 is 5.56 Å². The Morgan fingerprint density at radius 3 is 2.50 bits per heavy atom. The van der Waals surface area contributed by atoms with Gasteiger partial charge in [0.2, 0.25) is 0 Å². The fourth-order valence-corrected chi connectivity index (χ4v) is 3.93. The van der Waals surface area contributed by atoms with Crippen LogP contribution in [-0.4, -0.2) is 31.2 Å². The van der Waals surface area contributed by atoms with Crippen molar-refractivity contribution in [2.45, 2.75) is 50.3 Å². The number of carbonyl (C=O) groups is 1. The number of hydrogen-bond donors (Lipinski definition) is 2. The molecule has 0 saturated heterocycles. The molecule has 5 nitrogen and oxygen atoms in total. The highest BCUT2D eigenvalue weighted by Gasteiger charge is 2.15. The number of nitrogens with one attached hydrogen (secondary N) is 2. The van der Waals surface area contributed by atoms with Crippen LogP contribution in [0.2, 0.25) is 0 Å². The number of aryl methyl sites for hydroxylation is 2. The average Bonchev–Trinajstić information content (AvgIpc) is 2.75. The van der Waals surface area contributed by atoms with Crippen LogP contribution in [0.25, 0.3) is 0 Å². The molecule has 24 heavy (non-hydrogen) atoms. The Morgan fingerprint density at radius 1 is 1.21 bits per heavy atom. The molecule has 0 fully saturated rings. The summed E-state index contributed by atoms with van der Waals surface area (Å²) in [7, 11) is 0. The van der Waals surface area contributed by atoms with Crippen LogP contribution in [0.5, 0.6) is 0 Å². The first kappa shape index (κ1) is 18.9.